The van der Waals surface area contributed by atoms with Crippen molar-refractivity contribution in [2.75, 3.05) is 18.1 Å². The number of carbonyl (C=O) groups is 2. The van der Waals surface area contributed by atoms with Crippen LogP contribution >= 0.6 is 11.6 Å². The molecule has 156 valence electrons. The highest BCUT2D eigenvalue weighted by Gasteiger charge is 2.28. The van der Waals surface area contributed by atoms with Gasteiger partial charge >= 0.3 is 0 Å². The summed E-state index contributed by atoms with van der Waals surface area (Å²) in [4.78, 5) is 24.9. The number of ether oxygens (including phenoxy) is 1. The number of carbonyl (C=O) groups excluding carboxylic acids is 2. The largest absolute Gasteiger partial charge is 0.484 e. The molecule has 1 aliphatic heterocycles. The van der Waals surface area contributed by atoms with Crippen molar-refractivity contribution in [3.63, 3.8) is 0 Å². The van der Waals surface area contributed by atoms with Crippen molar-refractivity contribution >= 4 is 44.1 Å². The number of hydrogen-bond donors (Lipinski definition) is 1. The molecular weight excluding hydrogens is 430 g/mol. The zero-order valence-corrected chi connectivity index (χ0v) is 17.3. The number of benzene rings is 2. The zero-order chi connectivity index (χ0) is 21.3. The Bertz CT molecular complexity index is 1220. The van der Waals surface area contributed by atoms with Crippen molar-refractivity contribution in [2.24, 2.45) is 0 Å². The Morgan fingerprint density at radius 3 is 2.63 bits per heavy atom. The highest BCUT2D eigenvalue weighted by molar-refractivity contribution is 7.91. The van der Waals surface area contributed by atoms with E-state index in [0.717, 1.165) is 0 Å². The second kappa shape index (κ2) is 8.12. The van der Waals surface area contributed by atoms with Crippen LogP contribution < -0.4 is 10.1 Å². The quantitative estimate of drug-likeness (QED) is 0.583. The first-order chi connectivity index (χ1) is 14.3. The van der Waals surface area contributed by atoms with E-state index in [2.05, 4.69) is 5.32 Å². The zero-order valence-electron chi connectivity index (χ0n) is 15.8. The number of fused-ring (bicyclic) bond motifs is 1. The van der Waals surface area contributed by atoms with Crippen LogP contribution in [0.1, 0.15) is 22.3 Å². The lowest BCUT2D eigenvalue weighted by atomic mass is 10.0. The minimum absolute atomic E-state index is 0.0457. The maximum Gasteiger partial charge on any atom is 0.258 e. The van der Waals surface area contributed by atoms with E-state index >= 15 is 0 Å². The third-order valence-corrected chi connectivity index (χ3v) is 6.88. The Kier molecular flexibility index (Phi) is 5.53. The number of nitrogens with one attached hydrogen (secondary N) is 1. The Hall–Kier alpha value is -2.84. The molecule has 0 aliphatic carbocycles. The van der Waals surface area contributed by atoms with Crippen LogP contribution in [0.3, 0.4) is 0 Å². The SMILES string of the molecule is O=C(COc1ccc2occ(C(=O)c3ccc(Cl)cc3)c2c1)NC1CCS(=O)(=O)C1. The lowest BCUT2D eigenvalue weighted by Gasteiger charge is -2.11. The highest BCUT2D eigenvalue weighted by atomic mass is 35.5. The van der Waals surface area contributed by atoms with Gasteiger partial charge in [-0.1, -0.05) is 11.6 Å². The van der Waals surface area contributed by atoms with Gasteiger partial charge in [-0.25, -0.2) is 8.42 Å². The van der Waals surface area contributed by atoms with Crippen LogP contribution in [-0.2, 0) is 14.6 Å². The van der Waals surface area contributed by atoms with Gasteiger partial charge in [-0.3, -0.25) is 9.59 Å². The number of ketones is 1. The first-order valence-corrected chi connectivity index (χ1v) is 11.4. The van der Waals surface area contributed by atoms with Crippen LogP contribution in [0.15, 0.2) is 53.1 Å². The van der Waals surface area contributed by atoms with E-state index in [1.165, 1.54) is 6.26 Å². The van der Waals surface area contributed by atoms with Gasteiger partial charge in [-0.05, 0) is 48.9 Å². The molecule has 1 saturated heterocycles. The van der Waals surface area contributed by atoms with Crippen LogP contribution in [0.4, 0.5) is 0 Å². The van der Waals surface area contributed by atoms with Gasteiger partial charge in [0, 0.05) is 22.0 Å². The number of hydrogen-bond acceptors (Lipinski definition) is 6. The van der Waals surface area contributed by atoms with Gasteiger partial charge < -0.3 is 14.5 Å². The summed E-state index contributed by atoms with van der Waals surface area (Å²) >= 11 is 5.88. The molecule has 7 nitrogen and oxygen atoms in total. The Labute approximate surface area is 177 Å². The average molecular weight is 448 g/mol. The predicted molar refractivity (Wildman–Crippen MR) is 112 cm³/mol. The summed E-state index contributed by atoms with van der Waals surface area (Å²) in [6.45, 7) is -0.264. The van der Waals surface area contributed by atoms with Gasteiger partial charge in [0.15, 0.2) is 22.2 Å². The molecule has 3 aromatic rings. The molecule has 0 spiro atoms. The molecule has 1 atom stereocenters. The maximum atomic E-state index is 12.8. The molecule has 1 fully saturated rings. The second-order valence-electron chi connectivity index (χ2n) is 7.10. The van der Waals surface area contributed by atoms with Crippen molar-refractivity contribution < 1.29 is 27.2 Å². The topological polar surface area (TPSA) is 103 Å². The Balaban J connectivity index is 1.45. The first kappa shape index (κ1) is 20.4. The van der Waals surface area contributed by atoms with Crippen molar-refractivity contribution in [1.29, 1.82) is 0 Å². The second-order valence-corrected chi connectivity index (χ2v) is 9.76. The smallest absolute Gasteiger partial charge is 0.258 e. The van der Waals surface area contributed by atoms with Gasteiger partial charge in [0.2, 0.25) is 0 Å². The highest BCUT2D eigenvalue weighted by Crippen LogP contribution is 2.28. The van der Waals surface area contributed by atoms with Crippen LogP contribution in [0, 0.1) is 0 Å². The minimum atomic E-state index is -3.07. The molecule has 1 aromatic heterocycles. The van der Waals surface area contributed by atoms with E-state index < -0.39 is 15.7 Å². The molecule has 30 heavy (non-hydrogen) atoms. The maximum absolute atomic E-state index is 12.8. The summed E-state index contributed by atoms with van der Waals surface area (Å²) in [5.74, 6) is -0.191. The van der Waals surface area contributed by atoms with Gasteiger partial charge in [-0.15, -0.1) is 0 Å². The van der Waals surface area contributed by atoms with Gasteiger partial charge in [-0.2, -0.15) is 0 Å². The molecule has 4 rings (SSSR count). The van der Waals surface area contributed by atoms with E-state index in [0.29, 0.717) is 39.3 Å². The van der Waals surface area contributed by atoms with E-state index in [1.807, 2.05) is 0 Å². The van der Waals surface area contributed by atoms with Crippen LogP contribution in [-0.4, -0.2) is 44.3 Å². The van der Waals surface area contributed by atoms with Crippen LogP contribution in [0.5, 0.6) is 5.75 Å². The third-order valence-electron chi connectivity index (χ3n) is 4.86. The molecule has 0 saturated carbocycles. The van der Waals surface area contributed by atoms with E-state index in [9.17, 15) is 18.0 Å². The molecule has 0 bridgehead atoms. The molecule has 1 aliphatic rings. The lowest BCUT2D eigenvalue weighted by Crippen LogP contribution is -2.38. The van der Waals surface area contributed by atoms with E-state index in [4.69, 9.17) is 20.8 Å². The summed E-state index contributed by atoms with van der Waals surface area (Å²) in [6.07, 6.45) is 1.80. The van der Waals surface area contributed by atoms with Crippen LogP contribution in [0.2, 0.25) is 5.02 Å². The van der Waals surface area contributed by atoms with Crippen molar-refractivity contribution in [1.82, 2.24) is 5.32 Å². The van der Waals surface area contributed by atoms with E-state index in [-0.39, 0.29) is 29.9 Å². The summed E-state index contributed by atoms with van der Waals surface area (Å²) in [7, 11) is -3.07. The molecule has 1 amide bonds. The summed E-state index contributed by atoms with van der Waals surface area (Å²) in [5, 5.41) is 3.77. The van der Waals surface area contributed by atoms with Gasteiger partial charge in [0.05, 0.1) is 17.1 Å². The molecule has 2 aromatic carbocycles. The summed E-state index contributed by atoms with van der Waals surface area (Å²) < 4.78 is 34.0. The monoisotopic (exact) mass is 447 g/mol. The fraction of sp³-hybridized carbons (Fsp3) is 0.238. The third kappa shape index (κ3) is 4.49. The first-order valence-electron chi connectivity index (χ1n) is 9.25. The van der Waals surface area contributed by atoms with Crippen LogP contribution in [0.25, 0.3) is 11.0 Å². The fourth-order valence-corrected chi connectivity index (χ4v) is 5.16. The molecule has 9 heteroatoms. The number of furan rings is 1. The average Bonchev–Trinajstić information content (AvgIpc) is 3.28. The lowest BCUT2D eigenvalue weighted by molar-refractivity contribution is -0.123. The Morgan fingerprint density at radius 1 is 1.17 bits per heavy atom. The predicted octanol–water partition coefficient (Wildman–Crippen LogP) is 3.00. The minimum Gasteiger partial charge on any atom is -0.484 e. The standard InChI is InChI=1S/C21H18ClNO6S/c22-14-3-1-13(2-4-14)21(25)18-10-29-19-6-5-16(9-17(18)19)28-11-20(24)23-15-7-8-30(26,27)12-15/h1-6,9-10,15H,7-8,11-12H2,(H,23,24). The molecule has 1 unspecified atom stereocenters. The van der Waals surface area contributed by atoms with E-state index in [1.54, 1.807) is 42.5 Å². The molecule has 0 radical (unpaired) electrons. The Morgan fingerprint density at radius 2 is 1.93 bits per heavy atom. The molecule has 1 N–H and O–H groups in total. The number of amides is 1. The number of rotatable bonds is 6. The van der Waals surface area contributed by atoms with Gasteiger partial charge in [0.25, 0.3) is 5.91 Å². The summed E-state index contributed by atoms with van der Waals surface area (Å²) in [6, 6.07) is 11.1. The molecular formula is C21H18ClNO6S. The van der Waals surface area contributed by atoms with Crippen molar-refractivity contribution in [3.05, 3.63) is 64.9 Å². The molecule has 2 heterocycles. The van der Waals surface area contributed by atoms with Crippen molar-refractivity contribution in [3.8, 4) is 5.75 Å². The number of sulfone groups is 1. The normalized spacial score (nSPS) is 17.7. The fourth-order valence-electron chi connectivity index (χ4n) is 3.36. The summed E-state index contributed by atoms with van der Waals surface area (Å²) in [5.41, 5.74) is 1.36. The number of halogens is 1. The van der Waals surface area contributed by atoms with Gasteiger partial charge in [0.1, 0.15) is 17.6 Å². The van der Waals surface area contributed by atoms with Crippen molar-refractivity contribution in [2.45, 2.75) is 12.5 Å².